The lowest BCUT2D eigenvalue weighted by Crippen LogP contribution is -2.41. The van der Waals surface area contributed by atoms with Gasteiger partial charge in [0.1, 0.15) is 5.69 Å². The predicted octanol–water partition coefficient (Wildman–Crippen LogP) is 3.06. The minimum Gasteiger partial charge on any atom is -0.342 e. The molecule has 3 heteroatoms. The van der Waals surface area contributed by atoms with Crippen LogP contribution in [0.2, 0.25) is 0 Å². The lowest BCUT2D eigenvalue weighted by atomic mass is 9.94. The summed E-state index contributed by atoms with van der Waals surface area (Å²) < 4.78 is 0. The highest BCUT2D eigenvalue weighted by Gasteiger charge is 2.23. The highest BCUT2D eigenvalue weighted by molar-refractivity contribution is 5.92. The largest absolute Gasteiger partial charge is 0.342 e. The number of aromatic nitrogens is 1. The molecule has 0 fully saturated rings. The van der Waals surface area contributed by atoms with Crippen LogP contribution < -0.4 is 5.32 Å². The van der Waals surface area contributed by atoms with Crippen LogP contribution in [0.25, 0.3) is 0 Å². The van der Waals surface area contributed by atoms with E-state index in [4.69, 9.17) is 0 Å². The zero-order chi connectivity index (χ0) is 13.9. The smallest absolute Gasteiger partial charge is 0.270 e. The fourth-order valence-corrected chi connectivity index (χ4v) is 1.94. The second kappa shape index (κ2) is 5.22. The van der Waals surface area contributed by atoms with Crippen molar-refractivity contribution in [1.29, 1.82) is 0 Å². The van der Waals surface area contributed by atoms with Crippen LogP contribution in [0, 0.1) is 6.92 Å². The minimum absolute atomic E-state index is 0.155. The summed E-state index contributed by atoms with van der Waals surface area (Å²) in [6.45, 7) is 5.84. The summed E-state index contributed by atoms with van der Waals surface area (Å²) in [4.78, 5) is 16.5. The fourth-order valence-electron chi connectivity index (χ4n) is 1.94. The van der Waals surface area contributed by atoms with Gasteiger partial charge in [0.25, 0.3) is 5.91 Å². The molecular formula is C16H18N2O. The van der Waals surface area contributed by atoms with Crippen molar-refractivity contribution in [1.82, 2.24) is 10.3 Å². The molecule has 0 aliphatic heterocycles. The maximum Gasteiger partial charge on any atom is 0.270 e. The highest BCUT2D eigenvalue weighted by atomic mass is 16.2. The summed E-state index contributed by atoms with van der Waals surface area (Å²) in [6.07, 6.45) is 0. The Balaban J connectivity index is 2.19. The molecule has 0 atom stereocenters. The molecule has 19 heavy (non-hydrogen) atoms. The third kappa shape index (κ3) is 3.19. The van der Waals surface area contributed by atoms with Crippen LogP contribution in [-0.2, 0) is 5.54 Å². The minimum atomic E-state index is -0.427. The van der Waals surface area contributed by atoms with Crippen LogP contribution in [0.3, 0.4) is 0 Å². The fraction of sp³-hybridized carbons (Fsp3) is 0.250. The molecule has 2 aromatic rings. The van der Waals surface area contributed by atoms with Gasteiger partial charge < -0.3 is 5.32 Å². The van der Waals surface area contributed by atoms with Gasteiger partial charge in [-0.1, -0.05) is 36.4 Å². The molecule has 0 aliphatic carbocycles. The van der Waals surface area contributed by atoms with Crippen molar-refractivity contribution in [2.45, 2.75) is 26.3 Å². The molecule has 3 nitrogen and oxygen atoms in total. The molecule has 2 rings (SSSR count). The maximum absolute atomic E-state index is 12.2. The summed E-state index contributed by atoms with van der Waals surface area (Å²) in [5.74, 6) is -0.155. The molecule has 0 aliphatic rings. The van der Waals surface area contributed by atoms with Crippen LogP contribution in [0.5, 0.6) is 0 Å². The Hall–Kier alpha value is -2.16. The highest BCUT2D eigenvalue weighted by Crippen LogP contribution is 2.19. The molecule has 98 valence electrons. The van der Waals surface area contributed by atoms with Gasteiger partial charge in [-0.2, -0.15) is 0 Å². The molecule has 0 bridgehead atoms. The summed E-state index contributed by atoms with van der Waals surface area (Å²) in [6, 6.07) is 15.3. The Morgan fingerprint density at radius 3 is 2.37 bits per heavy atom. The topological polar surface area (TPSA) is 42.0 Å². The van der Waals surface area contributed by atoms with Crippen LogP contribution >= 0.6 is 0 Å². The van der Waals surface area contributed by atoms with Crippen molar-refractivity contribution in [2.24, 2.45) is 0 Å². The molecule has 1 aromatic carbocycles. The van der Waals surface area contributed by atoms with Gasteiger partial charge in [-0.25, -0.2) is 4.98 Å². The second-order valence-corrected chi connectivity index (χ2v) is 5.11. The van der Waals surface area contributed by atoms with Crippen LogP contribution in [0.1, 0.15) is 35.6 Å². The van der Waals surface area contributed by atoms with Crippen molar-refractivity contribution in [3.05, 3.63) is 65.5 Å². The Labute approximate surface area is 113 Å². The Morgan fingerprint density at radius 1 is 1.05 bits per heavy atom. The third-order valence-corrected chi connectivity index (χ3v) is 3.04. The number of amides is 1. The molecule has 1 aromatic heterocycles. The monoisotopic (exact) mass is 254 g/mol. The van der Waals surface area contributed by atoms with E-state index in [1.807, 2.05) is 63.2 Å². The Morgan fingerprint density at radius 2 is 1.74 bits per heavy atom. The van der Waals surface area contributed by atoms with Crippen molar-refractivity contribution in [3.8, 4) is 0 Å². The van der Waals surface area contributed by atoms with Gasteiger partial charge >= 0.3 is 0 Å². The lowest BCUT2D eigenvalue weighted by molar-refractivity contribution is 0.0906. The molecular weight excluding hydrogens is 236 g/mol. The molecule has 0 unspecified atom stereocenters. The molecule has 0 saturated heterocycles. The molecule has 0 spiro atoms. The normalized spacial score (nSPS) is 11.1. The first-order chi connectivity index (χ1) is 8.99. The first-order valence-corrected chi connectivity index (χ1v) is 6.31. The van der Waals surface area contributed by atoms with Crippen LogP contribution in [-0.4, -0.2) is 10.9 Å². The van der Waals surface area contributed by atoms with Crippen molar-refractivity contribution in [2.75, 3.05) is 0 Å². The van der Waals surface area contributed by atoms with E-state index >= 15 is 0 Å². The summed E-state index contributed by atoms with van der Waals surface area (Å²) in [5, 5.41) is 3.01. The van der Waals surface area contributed by atoms with E-state index in [-0.39, 0.29) is 5.91 Å². The van der Waals surface area contributed by atoms with E-state index < -0.39 is 5.54 Å². The van der Waals surface area contributed by atoms with Gasteiger partial charge in [-0.05, 0) is 38.5 Å². The molecule has 0 radical (unpaired) electrons. The molecule has 1 N–H and O–H groups in total. The number of hydrogen-bond donors (Lipinski definition) is 1. The van der Waals surface area contributed by atoms with Gasteiger partial charge in [-0.3, -0.25) is 4.79 Å². The number of benzene rings is 1. The van der Waals surface area contributed by atoms with E-state index in [0.717, 1.165) is 11.3 Å². The van der Waals surface area contributed by atoms with Gasteiger partial charge in [0.15, 0.2) is 0 Å². The Kier molecular flexibility index (Phi) is 3.65. The number of hydrogen-bond acceptors (Lipinski definition) is 2. The second-order valence-electron chi connectivity index (χ2n) is 5.11. The molecule has 1 heterocycles. The van der Waals surface area contributed by atoms with Crippen molar-refractivity contribution in [3.63, 3.8) is 0 Å². The van der Waals surface area contributed by atoms with E-state index in [1.54, 1.807) is 6.07 Å². The zero-order valence-electron chi connectivity index (χ0n) is 11.5. The number of nitrogens with one attached hydrogen (secondary N) is 1. The van der Waals surface area contributed by atoms with Crippen LogP contribution in [0.15, 0.2) is 48.5 Å². The van der Waals surface area contributed by atoms with E-state index in [1.165, 1.54) is 0 Å². The number of pyridine rings is 1. The standard InChI is InChI=1S/C16H18N2O/c1-12-8-7-11-14(17-12)15(19)18-16(2,3)13-9-5-4-6-10-13/h4-11H,1-3H3,(H,18,19). The summed E-state index contributed by atoms with van der Waals surface area (Å²) in [5.41, 5.74) is 1.93. The molecule has 1 amide bonds. The first-order valence-electron chi connectivity index (χ1n) is 6.31. The summed E-state index contributed by atoms with van der Waals surface area (Å²) in [7, 11) is 0. The van der Waals surface area contributed by atoms with Crippen molar-refractivity contribution < 1.29 is 4.79 Å². The van der Waals surface area contributed by atoms with Crippen molar-refractivity contribution >= 4 is 5.91 Å². The zero-order valence-corrected chi connectivity index (χ0v) is 11.5. The summed E-state index contributed by atoms with van der Waals surface area (Å²) >= 11 is 0. The third-order valence-electron chi connectivity index (χ3n) is 3.04. The Bertz CT molecular complexity index is 576. The van der Waals surface area contributed by atoms with E-state index in [0.29, 0.717) is 5.69 Å². The van der Waals surface area contributed by atoms with E-state index in [2.05, 4.69) is 10.3 Å². The lowest BCUT2D eigenvalue weighted by Gasteiger charge is -2.26. The quantitative estimate of drug-likeness (QED) is 0.914. The predicted molar refractivity (Wildman–Crippen MR) is 75.9 cm³/mol. The van der Waals surface area contributed by atoms with Gasteiger partial charge in [0.2, 0.25) is 0 Å². The van der Waals surface area contributed by atoms with Gasteiger partial charge in [-0.15, -0.1) is 0 Å². The number of nitrogens with zero attached hydrogens (tertiary/aromatic N) is 1. The first kappa shape index (κ1) is 13.3. The average Bonchev–Trinajstić information content (AvgIpc) is 2.39. The maximum atomic E-state index is 12.2. The number of rotatable bonds is 3. The van der Waals surface area contributed by atoms with Crippen LogP contribution in [0.4, 0.5) is 0 Å². The average molecular weight is 254 g/mol. The van der Waals surface area contributed by atoms with Gasteiger partial charge in [0.05, 0.1) is 5.54 Å². The number of carbonyl (C=O) groups excluding carboxylic acids is 1. The van der Waals surface area contributed by atoms with E-state index in [9.17, 15) is 4.79 Å². The SMILES string of the molecule is Cc1cccc(C(=O)NC(C)(C)c2ccccc2)n1. The molecule has 0 saturated carbocycles. The number of carbonyl (C=O) groups is 1. The number of aryl methyl sites for hydroxylation is 1. The van der Waals surface area contributed by atoms with Gasteiger partial charge in [0, 0.05) is 5.69 Å².